The van der Waals surface area contributed by atoms with Gasteiger partial charge in [-0.1, -0.05) is 39.3 Å². The van der Waals surface area contributed by atoms with Crippen LogP contribution in [0.3, 0.4) is 0 Å². The third-order valence-corrected chi connectivity index (χ3v) is 4.25. The summed E-state index contributed by atoms with van der Waals surface area (Å²) in [7, 11) is 0. The van der Waals surface area contributed by atoms with Crippen molar-refractivity contribution in [3.8, 4) is 0 Å². The number of hydrogen-bond donors (Lipinski definition) is 2. The van der Waals surface area contributed by atoms with Crippen LogP contribution in [-0.2, 0) is 4.79 Å². The minimum absolute atomic E-state index is 0.126. The van der Waals surface area contributed by atoms with E-state index in [9.17, 15) is 4.79 Å². The van der Waals surface area contributed by atoms with E-state index in [0.717, 1.165) is 28.9 Å². The number of aromatic amines is 1. The first-order valence-corrected chi connectivity index (χ1v) is 8.77. The van der Waals surface area contributed by atoms with E-state index in [2.05, 4.69) is 38.0 Å². The zero-order chi connectivity index (χ0) is 17.0. The van der Waals surface area contributed by atoms with Crippen LogP contribution in [-0.4, -0.2) is 17.4 Å². The smallest absolute Gasteiger partial charge is 0.220 e. The summed E-state index contributed by atoms with van der Waals surface area (Å²) in [6.45, 7) is 9.33. The lowest BCUT2D eigenvalue weighted by Gasteiger charge is -2.19. The van der Waals surface area contributed by atoms with Gasteiger partial charge in [0.1, 0.15) is 0 Å². The van der Waals surface area contributed by atoms with Crippen molar-refractivity contribution in [2.45, 2.75) is 46.5 Å². The quantitative estimate of drug-likeness (QED) is 0.725. The first-order valence-electron chi connectivity index (χ1n) is 8.40. The van der Waals surface area contributed by atoms with Crippen LogP contribution in [0.4, 0.5) is 0 Å². The molecule has 2 aromatic rings. The average molecular weight is 335 g/mol. The minimum Gasteiger partial charge on any atom is -0.361 e. The number of aromatic nitrogens is 1. The highest BCUT2D eigenvalue weighted by molar-refractivity contribution is 6.31. The van der Waals surface area contributed by atoms with E-state index in [1.54, 1.807) is 0 Å². The van der Waals surface area contributed by atoms with E-state index in [-0.39, 0.29) is 11.8 Å². The van der Waals surface area contributed by atoms with Crippen LogP contribution in [0.15, 0.2) is 24.4 Å². The van der Waals surface area contributed by atoms with E-state index >= 15 is 0 Å². The number of nitrogens with one attached hydrogen (secondary N) is 2. The molecule has 2 rings (SSSR count). The summed E-state index contributed by atoms with van der Waals surface area (Å²) in [5, 5.41) is 4.88. The Morgan fingerprint density at radius 2 is 1.96 bits per heavy atom. The molecule has 0 aliphatic heterocycles. The van der Waals surface area contributed by atoms with Crippen molar-refractivity contribution >= 4 is 28.4 Å². The number of H-pyrrole nitrogens is 1. The zero-order valence-corrected chi connectivity index (χ0v) is 15.2. The highest BCUT2D eigenvalue weighted by Crippen LogP contribution is 2.33. The molecule has 126 valence electrons. The molecule has 0 saturated heterocycles. The predicted molar refractivity (Wildman–Crippen MR) is 98.0 cm³/mol. The van der Waals surface area contributed by atoms with E-state index in [0.29, 0.717) is 18.3 Å². The zero-order valence-electron chi connectivity index (χ0n) is 14.4. The third kappa shape index (κ3) is 5.00. The summed E-state index contributed by atoms with van der Waals surface area (Å²) >= 11 is 6.16. The molecule has 0 bridgehead atoms. The van der Waals surface area contributed by atoms with Crippen molar-refractivity contribution in [3.63, 3.8) is 0 Å². The van der Waals surface area contributed by atoms with E-state index in [1.807, 2.05) is 24.4 Å². The van der Waals surface area contributed by atoms with Crippen LogP contribution in [0.2, 0.25) is 5.02 Å². The maximum atomic E-state index is 12.3. The van der Waals surface area contributed by atoms with Gasteiger partial charge in [-0.05, 0) is 47.9 Å². The molecule has 0 fully saturated rings. The van der Waals surface area contributed by atoms with Gasteiger partial charge in [0.15, 0.2) is 0 Å². The van der Waals surface area contributed by atoms with E-state index in [1.165, 1.54) is 5.56 Å². The topological polar surface area (TPSA) is 44.9 Å². The van der Waals surface area contributed by atoms with Crippen LogP contribution in [0.1, 0.15) is 52.0 Å². The molecule has 23 heavy (non-hydrogen) atoms. The fourth-order valence-electron chi connectivity index (χ4n) is 2.96. The lowest BCUT2D eigenvalue weighted by Crippen LogP contribution is -2.28. The van der Waals surface area contributed by atoms with Crippen molar-refractivity contribution in [3.05, 3.63) is 35.0 Å². The van der Waals surface area contributed by atoms with Crippen molar-refractivity contribution in [2.24, 2.45) is 11.8 Å². The van der Waals surface area contributed by atoms with Crippen molar-refractivity contribution < 1.29 is 4.79 Å². The number of carbonyl (C=O) groups excluding carboxylic acids is 1. The molecule has 3 nitrogen and oxygen atoms in total. The third-order valence-electron chi connectivity index (χ3n) is 4.01. The van der Waals surface area contributed by atoms with Gasteiger partial charge in [-0.2, -0.15) is 0 Å². The second-order valence-corrected chi connectivity index (χ2v) is 7.60. The molecule has 1 heterocycles. The second-order valence-electron chi connectivity index (χ2n) is 7.16. The molecular formula is C19H27ClN2O. The summed E-state index contributed by atoms with van der Waals surface area (Å²) in [5.74, 6) is 1.33. The highest BCUT2D eigenvalue weighted by atomic mass is 35.5. The lowest BCUT2D eigenvalue weighted by molar-refractivity contribution is -0.121. The minimum atomic E-state index is 0.126. The SMILES string of the molecule is CC(C)CNC(=O)C[C@H](CC(C)C)c1c[nH]c2ccc(Cl)cc12. The first kappa shape index (κ1) is 17.9. The van der Waals surface area contributed by atoms with Gasteiger partial charge >= 0.3 is 0 Å². The Kier molecular flexibility index (Phi) is 6.11. The largest absolute Gasteiger partial charge is 0.361 e. The van der Waals surface area contributed by atoms with E-state index < -0.39 is 0 Å². The number of rotatable bonds is 7. The fourth-order valence-corrected chi connectivity index (χ4v) is 3.13. The van der Waals surface area contributed by atoms with Crippen molar-refractivity contribution in [1.29, 1.82) is 0 Å². The molecule has 1 atom stereocenters. The van der Waals surface area contributed by atoms with Crippen molar-refractivity contribution in [1.82, 2.24) is 10.3 Å². The fraction of sp³-hybridized carbons (Fsp3) is 0.526. The van der Waals surface area contributed by atoms with Crippen LogP contribution in [0.25, 0.3) is 10.9 Å². The highest BCUT2D eigenvalue weighted by Gasteiger charge is 2.21. The monoisotopic (exact) mass is 334 g/mol. The van der Waals surface area contributed by atoms with Gasteiger partial charge < -0.3 is 10.3 Å². The Morgan fingerprint density at radius 1 is 1.22 bits per heavy atom. The van der Waals surface area contributed by atoms with Crippen LogP contribution in [0.5, 0.6) is 0 Å². The van der Waals surface area contributed by atoms with Gasteiger partial charge in [0, 0.05) is 35.1 Å². The predicted octanol–water partition coefficient (Wildman–Crippen LogP) is 5.11. The Hall–Kier alpha value is -1.48. The molecule has 0 unspecified atom stereocenters. The Bertz CT molecular complexity index is 660. The van der Waals surface area contributed by atoms with Gasteiger partial charge in [0.25, 0.3) is 0 Å². The maximum absolute atomic E-state index is 12.3. The number of amides is 1. The molecule has 4 heteroatoms. The van der Waals surface area contributed by atoms with Crippen LogP contribution in [0, 0.1) is 11.8 Å². The summed E-state index contributed by atoms with van der Waals surface area (Å²) in [6.07, 6.45) is 3.53. The first-order chi connectivity index (χ1) is 10.9. The Morgan fingerprint density at radius 3 is 2.61 bits per heavy atom. The molecule has 0 spiro atoms. The van der Waals surface area contributed by atoms with Gasteiger partial charge in [0.05, 0.1) is 0 Å². The number of carbonyl (C=O) groups is 1. The normalized spacial score (nSPS) is 13.0. The number of fused-ring (bicyclic) bond motifs is 1. The molecule has 2 N–H and O–H groups in total. The molecule has 1 amide bonds. The average Bonchev–Trinajstić information content (AvgIpc) is 2.86. The maximum Gasteiger partial charge on any atom is 0.220 e. The molecule has 1 aromatic carbocycles. The van der Waals surface area contributed by atoms with Crippen molar-refractivity contribution in [2.75, 3.05) is 6.54 Å². The summed E-state index contributed by atoms with van der Waals surface area (Å²) in [6, 6.07) is 5.87. The summed E-state index contributed by atoms with van der Waals surface area (Å²) < 4.78 is 0. The number of benzene rings is 1. The molecule has 1 aromatic heterocycles. The Labute approximate surface area is 143 Å². The second kappa shape index (κ2) is 7.87. The van der Waals surface area contributed by atoms with Crippen LogP contribution < -0.4 is 5.32 Å². The lowest BCUT2D eigenvalue weighted by atomic mass is 9.87. The summed E-state index contributed by atoms with van der Waals surface area (Å²) in [5.41, 5.74) is 2.26. The van der Waals surface area contributed by atoms with Gasteiger partial charge in [-0.15, -0.1) is 0 Å². The standard InChI is InChI=1S/C19H27ClN2O/c1-12(2)7-14(8-19(23)22-10-13(3)4)17-11-21-18-6-5-15(20)9-16(17)18/h5-6,9,11-14,21H,7-8,10H2,1-4H3,(H,22,23)/t14-/m0/s1. The molecular weight excluding hydrogens is 308 g/mol. The Balaban J connectivity index is 2.23. The summed E-state index contributed by atoms with van der Waals surface area (Å²) in [4.78, 5) is 15.6. The molecule has 0 radical (unpaired) electrons. The number of hydrogen-bond acceptors (Lipinski definition) is 1. The van der Waals surface area contributed by atoms with E-state index in [4.69, 9.17) is 11.6 Å². The van der Waals surface area contributed by atoms with Gasteiger partial charge in [-0.3, -0.25) is 4.79 Å². The van der Waals surface area contributed by atoms with Gasteiger partial charge in [0.2, 0.25) is 5.91 Å². The molecule has 0 aliphatic rings. The van der Waals surface area contributed by atoms with Crippen LogP contribution >= 0.6 is 11.6 Å². The molecule has 0 saturated carbocycles. The number of halogens is 1. The molecule has 0 aliphatic carbocycles. The van der Waals surface area contributed by atoms with Gasteiger partial charge in [-0.25, -0.2) is 0 Å².